The lowest BCUT2D eigenvalue weighted by molar-refractivity contribution is 0.0513. The third-order valence-corrected chi connectivity index (χ3v) is 2.94. The van der Waals surface area contributed by atoms with Crippen molar-refractivity contribution in [1.82, 2.24) is 4.57 Å². The van der Waals surface area contributed by atoms with Gasteiger partial charge in [0.05, 0.1) is 18.7 Å². The highest BCUT2D eigenvalue weighted by molar-refractivity contribution is 5.97. The molecule has 1 aliphatic heterocycles. The summed E-state index contributed by atoms with van der Waals surface area (Å²) in [5, 5.41) is 1.02. The van der Waals surface area contributed by atoms with E-state index in [1.807, 2.05) is 35.8 Å². The first-order chi connectivity index (χ1) is 8.31. The third kappa shape index (κ3) is 1.48. The quantitative estimate of drug-likeness (QED) is 0.744. The van der Waals surface area contributed by atoms with Crippen molar-refractivity contribution >= 4 is 16.9 Å². The van der Waals surface area contributed by atoms with E-state index < -0.39 is 0 Å². The first-order valence-electron chi connectivity index (χ1n) is 5.73. The van der Waals surface area contributed by atoms with Gasteiger partial charge in [-0.15, -0.1) is 0 Å². The summed E-state index contributed by atoms with van der Waals surface area (Å²) < 4.78 is 12.6. The van der Waals surface area contributed by atoms with Crippen LogP contribution < -0.4 is 4.74 Å². The zero-order valence-electron chi connectivity index (χ0n) is 9.60. The van der Waals surface area contributed by atoms with Crippen LogP contribution in [0.15, 0.2) is 24.3 Å². The first kappa shape index (κ1) is 10.2. The van der Waals surface area contributed by atoms with Gasteiger partial charge in [-0.25, -0.2) is 4.79 Å². The summed E-state index contributed by atoms with van der Waals surface area (Å²) in [5.41, 5.74) is 1.60. The molecule has 0 N–H and O–H groups in total. The molecule has 2 heterocycles. The number of carbonyl (C=O) groups is 1. The van der Waals surface area contributed by atoms with Crippen molar-refractivity contribution in [1.29, 1.82) is 0 Å². The van der Waals surface area contributed by atoms with Crippen molar-refractivity contribution in [2.45, 2.75) is 13.5 Å². The van der Waals surface area contributed by atoms with Gasteiger partial charge in [0.15, 0.2) is 0 Å². The van der Waals surface area contributed by atoms with Crippen molar-refractivity contribution in [3.05, 3.63) is 30.0 Å². The maximum Gasteiger partial charge on any atom is 0.354 e. The topological polar surface area (TPSA) is 40.5 Å². The lowest BCUT2D eigenvalue weighted by Crippen LogP contribution is -2.19. The second kappa shape index (κ2) is 3.80. The van der Waals surface area contributed by atoms with E-state index >= 15 is 0 Å². The van der Waals surface area contributed by atoms with Crippen LogP contribution >= 0.6 is 0 Å². The van der Waals surface area contributed by atoms with Gasteiger partial charge < -0.3 is 14.0 Å². The molecule has 0 aliphatic carbocycles. The maximum absolute atomic E-state index is 11.8. The van der Waals surface area contributed by atoms with E-state index in [1.165, 1.54) is 0 Å². The molecule has 1 aromatic carbocycles. The minimum Gasteiger partial charge on any atom is -0.490 e. The second-order valence-electron chi connectivity index (χ2n) is 3.94. The number of hydrogen-bond donors (Lipinski definition) is 0. The molecule has 0 radical (unpaired) electrons. The zero-order chi connectivity index (χ0) is 11.8. The molecule has 17 heavy (non-hydrogen) atoms. The summed E-state index contributed by atoms with van der Waals surface area (Å²) in [4.78, 5) is 11.8. The Labute approximate surface area is 98.7 Å². The Morgan fingerprint density at radius 1 is 1.53 bits per heavy atom. The van der Waals surface area contributed by atoms with E-state index in [1.54, 1.807) is 0 Å². The zero-order valence-corrected chi connectivity index (χ0v) is 9.60. The van der Waals surface area contributed by atoms with Crippen LogP contribution in [0.3, 0.4) is 0 Å². The average Bonchev–Trinajstić information content (AvgIpc) is 2.72. The molecule has 0 atom stereocenters. The van der Waals surface area contributed by atoms with Crippen LogP contribution in [0.1, 0.15) is 17.4 Å². The molecule has 0 amide bonds. The van der Waals surface area contributed by atoms with Crippen LogP contribution in [0.4, 0.5) is 0 Å². The normalized spacial score (nSPS) is 13.5. The van der Waals surface area contributed by atoms with Gasteiger partial charge in [-0.05, 0) is 19.1 Å². The Kier molecular flexibility index (Phi) is 2.28. The Morgan fingerprint density at radius 2 is 2.41 bits per heavy atom. The molecule has 0 saturated carbocycles. The molecule has 1 aliphatic rings. The van der Waals surface area contributed by atoms with Crippen LogP contribution in [0.5, 0.6) is 5.75 Å². The van der Waals surface area contributed by atoms with E-state index in [2.05, 4.69) is 0 Å². The van der Waals surface area contributed by atoms with Gasteiger partial charge in [-0.1, -0.05) is 12.1 Å². The maximum atomic E-state index is 11.8. The number of esters is 1. The predicted octanol–water partition coefficient (Wildman–Crippen LogP) is 2.21. The van der Waals surface area contributed by atoms with Crippen LogP contribution in [-0.2, 0) is 11.3 Å². The second-order valence-corrected chi connectivity index (χ2v) is 3.94. The smallest absolute Gasteiger partial charge is 0.354 e. The first-order valence-corrected chi connectivity index (χ1v) is 5.73. The number of aromatic nitrogens is 1. The van der Waals surface area contributed by atoms with Gasteiger partial charge in [-0.3, -0.25) is 0 Å². The fraction of sp³-hybridized carbons (Fsp3) is 0.308. The molecular weight excluding hydrogens is 218 g/mol. The minimum absolute atomic E-state index is 0.267. The molecule has 4 heteroatoms. The molecule has 88 valence electrons. The summed E-state index contributed by atoms with van der Waals surface area (Å²) in [6.07, 6.45) is 0. The van der Waals surface area contributed by atoms with Crippen molar-refractivity contribution in [2.75, 3.05) is 13.2 Å². The van der Waals surface area contributed by atoms with Crippen LogP contribution in [0, 0.1) is 0 Å². The van der Waals surface area contributed by atoms with E-state index in [9.17, 15) is 4.79 Å². The molecule has 0 spiro atoms. The van der Waals surface area contributed by atoms with Crippen LogP contribution in [0.2, 0.25) is 0 Å². The summed E-state index contributed by atoms with van der Waals surface area (Å²) >= 11 is 0. The van der Waals surface area contributed by atoms with Gasteiger partial charge in [0.2, 0.25) is 0 Å². The van der Waals surface area contributed by atoms with Crippen molar-refractivity contribution in [3.8, 4) is 5.75 Å². The number of carbonyl (C=O) groups excluding carboxylic acids is 1. The SMILES string of the molecule is CCOC(=O)c1cc2cccc3c2n1CCO3. The number of nitrogens with zero attached hydrogens (tertiary/aromatic N) is 1. The van der Waals surface area contributed by atoms with Gasteiger partial charge in [-0.2, -0.15) is 0 Å². The summed E-state index contributed by atoms with van der Waals surface area (Å²) in [5.74, 6) is 0.570. The fourth-order valence-electron chi connectivity index (χ4n) is 2.26. The number of ether oxygens (including phenoxy) is 2. The Morgan fingerprint density at radius 3 is 3.24 bits per heavy atom. The number of rotatable bonds is 2. The predicted molar refractivity (Wildman–Crippen MR) is 63.4 cm³/mol. The van der Waals surface area contributed by atoms with Crippen LogP contribution in [-0.4, -0.2) is 23.8 Å². The Hall–Kier alpha value is -1.97. The van der Waals surface area contributed by atoms with E-state index in [-0.39, 0.29) is 5.97 Å². The monoisotopic (exact) mass is 231 g/mol. The number of hydrogen-bond acceptors (Lipinski definition) is 3. The standard InChI is InChI=1S/C13H13NO3/c1-2-16-13(15)10-8-9-4-3-5-11-12(9)14(10)6-7-17-11/h3-5,8H,2,6-7H2,1H3. The molecule has 3 rings (SSSR count). The molecule has 4 nitrogen and oxygen atoms in total. The lowest BCUT2D eigenvalue weighted by Gasteiger charge is -2.18. The van der Waals surface area contributed by atoms with Gasteiger partial charge in [0.1, 0.15) is 18.1 Å². The van der Waals surface area contributed by atoms with Gasteiger partial charge >= 0.3 is 5.97 Å². The summed E-state index contributed by atoms with van der Waals surface area (Å²) in [6.45, 7) is 3.48. The molecule has 1 aromatic heterocycles. The van der Waals surface area contributed by atoms with Gasteiger partial charge in [0.25, 0.3) is 0 Å². The van der Waals surface area contributed by atoms with Crippen molar-refractivity contribution in [2.24, 2.45) is 0 Å². The number of para-hydroxylation sites is 1. The van der Waals surface area contributed by atoms with E-state index in [4.69, 9.17) is 9.47 Å². The minimum atomic E-state index is -0.267. The third-order valence-electron chi connectivity index (χ3n) is 2.94. The van der Waals surface area contributed by atoms with E-state index in [0.717, 1.165) is 16.7 Å². The molecular formula is C13H13NO3. The molecule has 2 aromatic rings. The average molecular weight is 231 g/mol. The Bertz CT molecular complexity index is 586. The van der Waals surface area contributed by atoms with Crippen molar-refractivity contribution < 1.29 is 14.3 Å². The highest BCUT2D eigenvalue weighted by Gasteiger charge is 2.21. The molecule has 0 unspecified atom stereocenters. The summed E-state index contributed by atoms with van der Waals surface area (Å²) in [6, 6.07) is 7.70. The lowest BCUT2D eigenvalue weighted by atomic mass is 10.2. The molecule has 0 saturated heterocycles. The van der Waals surface area contributed by atoms with Gasteiger partial charge in [0, 0.05) is 5.39 Å². The number of benzene rings is 1. The molecule has 0 bridgehead atoms. The van der Waals surface area contributed by atoms with E-state index in [0.29, 0.717) is 25.5 Å². The van der Waals surface area contributed by atoms with Crippen molar-refractivity contribution in [3.63, 3.8) is 0 Å². The highest BCUT2D eigenvalue weighted by atomic mass is 16.5. The highest BCUT2D eigenvalue weighted by Crippen LogP contribution is 2.31. The summed E-state index contributed by atoms with van der Waals surface area (Å²) in [7, 11) is 0. The van der Waals surface area contributed by atoms with Crippen LogP contribution in [0.25, 0.3) is 10.9 Å². The Balaban J connectivity index is 2.21. The largest absolute Gasteiger partial charge is 0.490 e. The molecule has 0 fully saturated rings. The fourth-order valence-corrected chi connectivity index (χ4v) is 2.26.